The standard InChI is InChI=1S/C19H20O10/c1-2-3-4-8-7-10-9(18(26)27-8)5-6-11(20)15(10)28-19-14(23)12(21)13(22)16(29-19)17(24)25/h3-7,12-14,16,19-23H,2H2,1H3,(H,24,25)/b4-3+. The van der Waals surface area contributed by atoms with Gasteiger partial charge < -0.3 is 39.4 Å². The smallest absolute Gasteiger partial charge is 0.344 e. The Kier molecular flexibility index (Phi) is 5.89. The van der Waals surface area contributed by atoms with Crippen molar-refractivity contribution in [3.05, 3.63) is 40.5 Å². The van der Waals surface area contributed by atoms with Gasteiger partial charge in [0.15, 0.2) is 17.6 Å². The molecule has 0 amide bonds. The quantitative estimate of drug-likeness (QED) is 0.461. The van der Waals surface area contributed by atoms with Crippen LogP contribution >= 0.6 is 0 Å². The lowest BCUT2D eigenvalue weighted by molar-refractivity contribution is -0.271. The third-order valence-corrected chi connectivity index (χ3v) is 4.46. The Morgan fingerprint density at radius 3 is 2.55 bits per heavy atom. The van der Waals surface area contributed by atoms with Crippen molar-refractivity contribution in [2.45, 2.75) is 44.1 Å². The van der Waals surface area contributed by atoms with Gasteiger partial charge in [0, 0.05) is 5.39 Å². The number of hydrogen-bond donors (Lipinski definition) is 5. The van der Waals surface area contributed by atoms with Crippen LogP contribution in [0.2, 0.25) is 0 Å². The molecule has 1 aliphatic heterocycles. The Morgan fingerprint density at radius 2 is 1.90 bits per heavy atom. The maximum absolute atomic E-state index is 12.3. The van der Waals surface area contributed by atoms with Crippen LogP contribution in [0, 0.1) is 0 Å². The Balaban J connectivity index is 2.05. The van der Waals surface area contributed by atoms with Crippen LogP contribution in [0.15, 0.2) is 33.5 Å². The Bertz CT molecular complexity index is 994. The molecule has 0 aliphatic carbocycles. The van der Waals surface area contributed by atoms with Gasteiger partial charge in [0.25, 0.3) is 0 Å². The number of hydrogen-bond acceptors (Lipinski definition) is 9. The number of aliphatic carboxylic acids is 1. The third-order valence-electron chi connectivity index (χ3n) is 4.46. The van der Waals surface area contributed by atoms with Gasteiger partial charge in [-0.05, 0) is 30.7 Å². The van der Waals surface area contributed by atoms with Crippen LogP contribution in [-0.4, -0.2) is 62.2 Å². The molecule has 10 nitrogen and oxygen atoms in total. The molecule has 1 aliphatic rings. The van der Waals surface area contributed by atoms with E-state index in [-0.39, 0.29) is 22.3 Å². The van der Waals surface area contributed by atoms with Crippen LogP contribution in [0.4, 0.5) is 0 Å². The molecule has 1 aromatic heterocycles. The molecular weight excluding hydrogens is 388 g/mol. The first-order valence-corrected chi connectivity index (χ1v) is 8.80. The predicted molar refractivity (Wildman–Crippen MR) is 98.4 cm³/mol. The van der Waals surface area contributed by atoms with Crippen molar-refractivity contribution in [3.8, 4) is 11.5 Å². The van der Waals surface area contributed by atoms with E-state index in [0.717, 1.165) is 6.07 Å². The van der Waals surface area contributed by atoms with Crippen LogP contribution in [0.1, 0.15) is 19.1 Å². The van der Waals surface area contributed by atoms with Crippen molar-refractivity contribution in [1.29, 1.82) is 0 Å². The number of allylic oxidation sites excluding steroid dienone is 1. The van der Waals surface area contributed by atoms with Crippen LogP contribution in [0.3, 0.4) is 0 Å². The van der Waals surface area contributed by atoms with Gasteiger partial charge in [-0.3, -0.25) is 0 Å². The molecule has 156 valence electrons. The van der Waals surface area contributed by atoms with Gasteiger partial charge in [0.2, 0.25) is 6.29 Å². The molecule has 0 radical (unpaired) electrons. The summed E-state index contributed by atoms with van der Waals surface area (Å²) in [5.74, 6) is -2.09. The molecule has 3 rings (SSSR count). The topological polar surface area (TPSA) is 167 Å². The molecule has 1 saturated heterocycles. The van der Waals surface area contributed by atoms with Crippen LogP contribution in [-0.2, 0) is 9.53 Å². The fraction of sp³-hybridized carbons (Fsp3) is 0.368. The van der Waals surface area contributed by atoms with Crippen molar-refractivity contribution in [1.82, 2.24) is 0 Å². The van der Waals surface area contributed by atoms with Crippen molar-refractivity contribution in [2.75, 3.05) is 0 Å². The van der Waals surface area contributed by atoms with Crippen molar-refractivity contribution in [3.63, 3.8) is 0 Å². The fourth-order valence-corrected chi connectivity index (χ4v) is 2.95. The molecule has 5 unspecified atom stereocenters. The second kappa shape index (κ2) is 8.21. The number of benzene rings is 1. The lowest BCUT2D eigenvalue weighted by Gasteiger charge is -2.38. The zero-order valence-electron chi connectivity index (χ0n) is 15.3. The summed E-state index contributed by atoms with van der Waals surface area (Å²) in [5, 5.41) is 49.4. The summed E-state index contributed by atoms with van der Waals surface area (Å²) in [6.07, 6.45) is -5.21. The van der Waals surface area contributed by atoms with Gasteiger partial charge in [-0.15, -0.1) is 0 Å². The normalized spacial score (nSPS) is 27.4. The lowest BCUT2D eigenvalue weighted by atomic mass is 9.99. The number of phenols is 1. The molecule has 0 saturated carbocycles. The summed E-state index contributed by atoms with van der Waals surface area (Å²) in [7, 11) is 0. The molecule has 2 aromatic rings. The molecule has 2 heterocycles. The maximum Gasteiger partial charge on any atom is 0.344 e. The number of fused-ring (bicyclic) bond motifs is 1. The largest absolute Gasteiger partial charge is 0.504 e. The number of phenolic OH excluding ortho intramolecular Hbond substituents is 1. The highest BCUT2D eigenvalue weighted by Gasteiger charge is 2.48. The highest BCUT2D eigenvalue weighted by molar-refractivity contribution is 5.90. The van der Waals surface area contributed by atoms with E-state index in [1.165, 1.54) is 12.1 Å². The van der Waals surface area contributed by atoms with E-state index in [2.05, 4.69) is 0 Å². The van der Waals surface area contributed by atoms with E-state index >= 15 is 0 Å². The molecule has 1 aromatic carbocycles. The summed E-state index contributed by atoms with van der Waals surface area (Å²) in [6, 6.07) is 3.89. The Labute approximate surface area is 163 Å². The van der Waals surface area contributed by atoms with Crippen molar-refractivity contribution in [2.24, 2.45) is 0 Å². The minimum Gasteiger partial charge on any atom is -0.504 e. The molecule has 10 heteroatoms. The fourth-order valence-electron chi connectivity index (χ4n) is 2.95. The first-order chi connectivity index (χ1) is 13.7. The molecule has 0 spiro atoms. The summed E-state index contributed by atoms with van der Waals surface area (Å²) in [5.41, 5.74) is -0.702. The van der Waals surface area contributed by atoms with Crippen molar-refractivity contribution < 1.29 is 44.2 Å². The van der Waals surface area contributed by atoms with Gasteiger partial charge in [0.05, 0.1) is 5.39 Å². The van der Waals surface area contributed by atoms with Crippen molar-refractivity contribution >= 4 is 22.8 Å². The number of aliphatic hydroxyl groups is 3. The highest BCUT2D eigenvalue weighted by Crippen LogP contribution is 2.36. The number of carboxylic acid groups (broad SMARTS) is 1. The summed E-state index contributed by atoms with van der Waals surface area (Å²) in [4.78, 5) is 23.5. The second-order valence-electron chi connectivity index (χ2n) is 6.47. The Morgan fingerprint density at radius 1 is 1.17 bits per heavy atom. The molecule has 29 heavy (non-hydrogen) atoms. The van der Waals surface area contributed by atoms with Gasteiger partial charge in [-0.25, -0.2) is 9.59 Å². The SMILES string of the molecule is CC/C=C/c1cc2c(OC3OC(C(=O)O)C(O)C(O)C3O)c(O)ccc2c(=O)o1. The maximum atomic E-state index is 12.3. The summed E-state index contributed by atoms with van der Waals surface area (Å²) in [6.45, 7) is 1.89. The van der Waals surface area contributed by atoms with E-state index in [1.54, 1.807) is 12.2 Å². The number of aromatic hydroxyl groups is 1. The van der Waals surface area contributed by atoms with E-state index in [9.17, 15) is 30.0 Å². The molecular formula is C19H20O10. The molecule has 5 N–H and O–H groups in total. The monoisotopic (exact) mass is 408 g/mol. The van der Waals surface area contributed by atoms with E-state index < -0.39 is 48.1 Å². The number of carbonyl (C=O) groups is 1. The summed E-state index contributed by atoms with van der Waals surface area (Å²) < 4.78 is 15.7. The highest BCUT2D eigenvalue weighted by atomic mass is 16.7. The first kappa shape index (κ1) is 20.8. The van der Waals surface area contributed by atoms with E-state index in [0.29, 0.717) is 6.42 Å². The molecule has 0 bridgehead atoms. The van der Waals surface area contributed by atoms with Gasteiger partial charge >= 0.3 is 11.6 Å². The number of aliphatic hydroxyl groups excluding tert-OH is 3. The average Bonchev–Trinajstić information content (AvgIpc) is 2.68. The number of carboxylic acids is 1. The average molecular weight is 408 g/mol. The first-order valence-electron chi connectivity index (χ1n) is 8.80. The van der Waals surface area contributed by atoms with E-state index in [4.69, 9.17) is 19.0 Å². The van der Waals surface area contributed by atoms with Gasteiger partial charge in [-0.1, -0.05) is 13.0 Å². The third kappa shape index (κ3) is 3.96. The molecule has 1 fully saturated rings. The number of rotatable bonds is 5. The molecule has 5 atom stereocenters. The summed E-state index contributed by atoms with van der Waals surface area (Å²) >= 11 is 0. The minimum atomic E-state index is -1.89. The van der Waals surface area contributed by atoms with E-state index in [1.807, 2.05) is 6.92 Å². The zero-order valence-corrected chi connectivity index (χ0v) is 15.3. The Hall–Kier alpha value is -2.92. The lowest BCUT2D eigenvalue weighted by Crippen LogP contribution is -2.61. The number of ether oxygens (including phenoxy) is 2. The van der Waals surface area contributed by atoms with Crippen LogP contribution in [0.25, 0.3) is 16.8 Å². The van der Waals surface area contributed by atoms with Gasteiger partial charge in [0.1, 0.15) is 24.1 Å². The van der Waals surface area contributed by atoms with Crippen LogP contribution < -0.4 is 10.4 Å². The van der Waals surface area contributed by atoms with Gasteiger partial charge in [-0.2, -0.15) is 0 Å². The second-order valence-corrected chi connectivity index (χ2v) is 6.47. The van der Waals surface area contributed by atoms with Crippen LogP contribution in [0.5, 0.6) is 11.5 Å². The zero-order chi connectivity index (χ0) is 21.3. The predicted octanol–water partition coefficient (Wildman–Crippen LogP) is 0.193. The minimum absolute atomic E-state index is 0.0621.